The molecule has 10 heteroatoms. The van der Waals surface area contributed by atoms with Gasteiger partial charge in [-0.2, -0.15) is 0 Å². The summed E-state index contributed by atoms with van der Waals surface area (Å²) in [6.45, 7) is 7.02. The van der Waals surface area contributed by atoms with Gasteiger partial charge in [-0.25, -0.2) is 9.59 Å². The molecule has 0 aliphatic carbocycles. The van der Waals surface area contributed by atoms with E-state index in [4.69, 9.17) is 9.15 Å². The van der Waals surface area contributed by atoms with Crippen molar-refractivity contribution in [1.82, 2.24) is 20.5 Å². The van der Waals surface area contributed by atoms with Crippen LogP contribution in [0.2, 0.25) is 0 Å². The number of amides is 1. The van der Waals surface area contributed by atoms with Crippen LogP contribution in [0.4, 0.5) is 4.79 Å². The number of nitrogens with one attached hydrogen (secondary N) is 2. The summed E-state index contributed by atoms with van der Waals surface area (Å²) in [5.41, 5.74) is -1.27. The standard InChI is InChI=1S/C23H26N4O6/c1-22(2,3)33-21(30)25-23(4,13-14-9-7-6-8-10-14)20-27-26-18(32-20)15-11-16(19(29)31-5)24-17(28)12-15/h6-12H,13H2,1-5H3,(H,24,28)(H,25,30)/t23-/m0/s1. The molecule has 33 heavy (non-hydrogen) atoms. The molecular weight excluding hydrogens is 428 g/mol. The van der Waals surface area contributed by atoms with Gasteiger partial charge in [-0.15, -0.1) is 10.2 Å². The van der Waals surface area contributed by atoms with Crippen LogP contribution in [0.1, 0.15) is 49.6 Å². The van der Waals surface area contributed by atoms with Crippen molar-refractivity contribution in [3.63, 3.8) is 0 Å². The number of hydrogen-bond donors (Lipinski definition) is 2. The first kappa shape index (κ1) is 23.7. The lowest BCUT2D eigenvalue weighted by atomic mass is 9.92. The van der Waals surface area contributed by atoms with E-state index in [-0.39, 0.29) is 23.0 Å². The fraction of sp³-hybridized carbons (Fsp3) is 0.348. The molecule has 0 unspecified atom stereocenters. The van der Waals surface area contributed by atoms with Crippen LogP contribution < -0.4 is 10.9 Å². The average Bonchev–Trinajstić information content (AvgIpc) is 3.23. The molecule has 0 radical (unpaired) electrons. The minimum Gasteiger partial charge on any atom is -0.464 e. The maximum atomic E-state index is 12.6. The van der Waals surface area contributed by atoms with Crippen LogP contribution >= 0.6 is 0 Å². The van der Waals surface area contributed by atoms with Crippen molar-refractivity contribution in [2.75, 3.05) is 7.11 Å². The molecule has 1 aromatic carbocycles. The fourth-order valence-corrected chi connectivity index (χ4v) is 3.16. The van der Waals surface area contributed by atoms with Gasteiger partial charge >= 0.3 is 12.1 Å². The highest BCUT2D eigenvalue weighted by Crippen LogP contribution is 2.28. The van der Waals surface area contributed by atoms with Gasteiger partial charge in [0, 0.05) is 18.1 Å². The first-order valence-corrected chi connectivity index (χ1v) is 10.2. The fourth-order valence-electron chi connectivity index (χ4n) is 3.16. The Labute approximate surface area is 190 Å². The zero-order valence-corrected chi connectivity index (χ0v) is 19.1. The van der Waals surface area contributed by atoms with Gasteiger partial charge in [-0.3, -0.25) is 4.79 Å². The molecule has 0 saturated carbocycles. The Hall–Kier alpha value is -3.95. The molecule has 2 heterocycles. The molecule has 3 rings (SSSR count). The second-order valence-corrected chi connectivity index (χ2v) is 8.67. The Kier molecular flexibility index (Phi) is 6.66. The van der Waals surface area contributed by atoms with E-state index in [2.05, 4.69) is 25.2 Å². The van der Waals surface area contributed by atoms with Crippen molar-refractivity contribution in [3.05, 3.63) is 70.0 Å². The third kappa shape index (κ3) is 6.06. The first-order valence-electron chi connectivity index (χ1n) is 10.2. The third-order valence-electron chi connectivity index (χ3n) is 4.57. The normalized spacial score (nSPS) is 13.1. The Morgan fingerprint density at radius 1 is 1.09 bits per heavy atom. The number of esters is 1. The van der Waals surface area contributed by atoms with Gasteiger partial charge in [0.2, 0.25) is 17.3 Å². The molecule has 1 amide bonds. The lowest BCUT2D eigenvalue weighted by Crippen LogP contribution is -2.47. The Balaban J connectivity index is 1.98. The average molecular weight is 454 g/mol. The van der Waals surface area contributed by atoms with Crippen molar-refractivity contribution in [2.24, 2.45) is 0 Å². The van der Waals surface area contributed by atoms with E-state index in [0.717, 1.165) is 5.56 Å². The molecule has 2 aromatic heterocycles. The molecular formula is C23H26N4O6. The summed E-state index contributed by atoms with van der Waals surface area (Å²) in [7, 11) is 1.20. The zero-order valence-electron chi connectivity index (χ0n) is 19.1. The number of rotatable bonds is 6. The van der Waals surface area contributed by atoms with Crippen LogP contribution in [0.25, 0.3) is 11.5 Å². The number of ether oxygens (including phenoxy) is 2. The number of hydrogen-bond acceptors (Lipinski definition) is 8. The van der Waals surface area contributed by atoms with Crippen LogP contribution in [0.3, 0.4) is 0 Å². The van der Waals surface area contributed by atoms with Crippen molar-refractivity contribution in [3.8, 4) is 11.5 Å². The molecule has 0 bridgehead atoms. The summed E-state index contributed by atoms with van der Waals surface area (Å²) >= 11 is 0. The molecule has 0 saturated heterocycles. The highest BCUT2D eigenvalue weighted by molar-refractivity contribution is 5.88. The molecule has 0 aliphatic heterocycles. The van der Waals surface area contributed by atoms with Crippen LogP contribution in [0.5, 0.6) is 0 Å². The highest BCUT2D eigenvalue weighted by atomic mass is 16.6. The van der Waals surface area contributed by atoms with Crippen molar-refractivity contribution in [2.45, 2.75) is 45.3 Å². The number of H-pyrrole nitrogens is 1. The Morgan fingerprint density at radius 3 is 2.42 bits per heavy atom. The summed E-state index contributed by atoms with van der Waals surface area (Å²) in [5, 5.41) is 11.0. The van der Waals surface area contributed by atoms with E-state index >= 15 is 0 Å². The van der Waals surface area contributed by atoms with Crippen LogP contribution in [0, 0.1) is 0 Å². The second-order valence-electron chi connectivity index (χ2n) is 8.67. The van der Waals surface area contributed by atoms with E-state index in [1.807, 2.05) is 30.3 Å². The summed E-state index contributed by atoms with van der Waals surface area (Å²) in [5.74, 6) is -0.604. The Bertz CT molecular complexity index is 1200. The predicted molar refractivity (Wildman–Crippen MR) is 119 cm³/mol. The second kappa shape index (κ2) is 9.27. The zero-order chi connectivity index (χ0) is 24.2. The van der Waals surface area contributed by atoms with Crippen molar-refractivity contribution in [1.29, 1.82) is 0 Å². The third-order valence-corrected chi connectivity index (χ3v) is 4.57. The van der Waals surface area contributed by atoms with Gasteiger partial charge < -0.3 is 24.2 Å². The van der Waals surface area contributed by atoms with E-state index in [1.54, 1.807) is 27.7 Å². The van der Waals surface area contributed by atoms with Crippen LogP contribution in [-0.2, 0) is 21.4 Å². The van der Waals surface area contributed by atoms with E-state index < -0.39 is 28.8 Å². The maximum Gasteiger partial charge on any atom is 0.408 e. The number of alkyl carbamates (subject to hydrolysis) is 1. The van der Waals surface area contributed by atoms with Crippen LogP contribution in [0.15, 0.2) is 51.7 Å². The predicted octanol–water partition coefficient (Wildman–Crippen LogP) is 3.19. The molecule has 1 atom stereocenters. The highest BCUT2D eigenvalue weighted by Gasteiger charge is 2.36. The number of aromatic nitrogens is 3. The molecule has 0 aliphatic rings. The van der Waals surface area contributed by atoms with Gasteiger partial charge in [0.15, 0.2) is 0 Å². The van der Waals surface area contributed by atoms with E-state index in [1.165, 1.54) is 19.2 Å². The molecule has 0 spiro atoms. The van der Waals surface area contributed by atoms with Crippen LogP contribution in [-0.4, -0.2) is 40.0 Å². The summed E-state index contributed by atoms with van der Waals surface area (Å²) in [6, 6.07) is 12.1. The number of carbonyl (C=O) groups is 2. The molecule has 0 fully saturated rings. The van der Waals surface area contributed by atoms with Crippen molar-refractivity contribution < 1.29 is 23.5 Å². The van der Waals surface area contributed by atoms with Gasteiger partial charge in [0.1, 0.15) is 16.8 Å². The summed E-state index contributed by atoms with van der Waals surface area (Å²) in [6.07, 6.45) is -0.317. The van der Waals surface area contributed by atoms with Gasteiger partial charge in [0.25, 0.3) is 0 Å². The molecule has 2 N–H and O–H groups in total. The number of nitrogens with zero attached hydrogens (tertiary/aromatic N) is 2. The first-order chi connectivity index (χ1) is 15.5. The number of aromatic amines is 1. The smallest absolute Gasteiger partial charge is 0.408 e. The number of pyridine rings is 1. The number of carbonyl (C=O) groups excluding carboxylic acids is 2. The molecule has 174 valence electrons. The monoisotopic (exact) mass is 454 g/mol. The topological polar surface area (TPSA) is 136 Å². The molecule has 10 nitrogen and oxygen atoms in total. The lowest BCUT2D eigenvalue weighted by Gasteiger charge is -2.29. The summed E-state index contributed by atoms with van der Waals surface area (Å²) in [4.78, 5) is 38.8. The maximum absolute atomic E-state index is 12.6. The van der Waals surface area contributed by atoms with Gasteiger partial charge in [0.05, 0.1) is 7.11 Å². The largest absolute Gasteiger partial charge is 0.464 e. The van der Waals surface area contributed by atoms with Crippen molar-refractivity contribution >= 4 is 12.1 Å². The summed E-state index contributed by atoms with van der Waals surface area (Å²) < 4.78 is 15.9. The van der Waals surface area contributed by atoms with Gasteiger partial charge in [-0.1, -0.05) is 30.3 Å². The quantitative estimate of drug-likeness (QED) is 0.542. The number of methoxy groups -OCH3 is 1. The molecule has 3 aromatic rings. The lowest BCUT2D eigenvalue weighted by molar-refractivity contribution is 0.0443. The van der Waals surface area contributed by atoms with Gasteiger partial charge in [-0.05, 0) is 39.3 Å². The SMILES string of the molecule is COC(=O)c1cc(-c2nnc([C@](C)(Cc3ccccc3)NC(=O)OC(C)(C)C)o2)cc(=O)[nH]1. The number of benzene rings is 1. The minimum absolute atomic E-state index is 0.00604. The Morgan fingerprint density at radius 2 is 1.79 bits per heavy atom. The van der Waals surface area contributed by atoms with E-state index in [9.17, 15) is 14.4 Å². The van der Waals surface area contributed by atoms with E-state index in [0.29, 0.717) is 6.42 Å². The minimum atomic E-state index is -1.12.